The minimum absolute atomic E-state index is 0.0650. The molecule has 4 heterocycles. The van der Waals surface area contributed by atoms with E-state index in [9.17, 15) is 39.0 Å². The number of aliphatic hydroxyl groups excluding tert-OH is 1. The van der Waals surface area contributed by atoms with Gasteiger partial charge in [-0.2, -0.15) is 0 Å². The molecule has 0 radical (unpaired) electrons. The number of carbonyl (C=O) groups excluding carboxylic acids is 5. The summed E-state index contributed by atoms with van der Waals surface area (Å²) in [6.45, 7) is 5.75. The third-order valence-corrected chi connectivity index (χ3v) is 10.9. The van der Waals surface area contributed by atoms with Crippen molar-refractivity contribution in [2.24, 2.45) is 5.73 Å². The van der Waals surface area contributed by atoms with E-state index in [1.54, 1.807) is 73.9 Å². The van der Waals surface area contributed by atoms with Gasteiger partial charge in [-0.15, -0.1) is 0 Å². The second-order valence-corrected chi connectivity index (χ2v) is 15.9. The van der Waals surface area contributed by atoms with Crippen LogP contribution in [0.1, 0.15) is 81.2 Å². The number of nitrogens with two attached hydrogens (primary N) is 1. The van der Waals surface area contributed by atoms with Crippen molar-refractivity contribution in [3.8, 4) is 17.1 Å². The number of hydrogen-bond donors (Lipinski definition) is 6. The van der Waals surface area contributed by atoms with E-state index in [0.717, 1.165) is 16.5 Å². The van der Waals surface area contributed by atoms with Gasteiger partial charge in [-0.1, -0.05) is 26.0 Å². The van der Waals surface area contributed by atoms with Crippen LogP contribution in [0.25, 0.3) is 22.3 Å². The van der Waals surface area contributed by atoms with Crippen LogP contribution in [-0.2, 0) is 69.9 Å². The summed E-state index contributed by atoms with van der Waals surface area (Å²) >= 11 is 0. The van der Waals surface area contributed by atoms with Gasteiger partial charge in [0.15, 0.2) is 0 Å². The topological polar surface area (TPSA) is 260 Å². The zero-order valence-corrected chi connectivity index (χ0v) is 35.1. The first kappa shape index (κ1) is 45.2. The Morgan fingerprint density at radius 3 is 2.45 bits per heavy atom. The van der Waals surface area contributed by atoms with Crippen molar-refractivity contribution >= 4 is 46.4 Å². The van der Waals surface area contributed by atoms with Gasteiger partial charge in [0.25, 0.3) is 5.56 Å². The molecule has 0 saturated heterocycles. The fraction of sp³-hybridized carbons (Fsp3) is 0.432. The largest absolute Gasteiger partial charge is 0.510 e. The molecule has 7 N–H and O–H groups in total. The van der Waals surface area contributed by atoms with E-state index in [1.165, 1.54) is 0 Å². The van der Waals surface area contributed by atoms with E-state index in [1.807, 2.05) is 6.92 Å². The lowest BCUT2D eigenvalue weighted by atomic mass is 9.85. The first-order valence-electron chi connectivity index (χ1n) is 20.5. The number of esters is 1. The normalized spacial score (nSPS) is 15.7. The number of amides is 3. The van der Waals surface area contributed by atoms with Gasteiger partial charge in [0.05, 0.1) is 41.2 Å². The molecule has 0 aliphatic carbocycles. The minimum Gasteiger partial charge on any atom is -0.508 e. The molecule has 0 fully saturated rings. The van der Waals surface area contributed by atoms with Crippen molar-refractivity contribution in [3.05, 3.63) is 86.7 Å². The molecule has 2 aliphatic heterocycles. The van der Waals surface area contributed by atoms with Crippen molar-refractivity contribution in [2.75, 3.05) is 31.7 Å². The molecule has 0 spiro atoms. The second kappa shape index (κ2) is 19.1. The molecule has 2 aromatic heterocycles. The lowest BCUT2D eigenvalue weighted by Gasteiger charge is -2.35. The number of unbranched alkanes of at least 4 members (excludes halogenated alkanes) is 1. The van der Waals surface area contributed by atoms with E-state index in [4.69, 9.17) is 29.7 Å². The average Bonchev–Trinajstić information content (AvgIpc) is 3.61. The average molecular weight is 857 g/mol. The quantitative estimate of drug-likeness (QED) is 0.0547. The number of aromatic hydroxyl groups is 1. The zero-order chi connectivity index (χ0) is 44.8. The summed E-state index contributed by atoms with van der Waals surface area (Å²) in [5, 5.41) is 28.3. The van der Waals surface area contributed by atoms with Gasteiger partial charge in [-0.3, -0.25) is 19.2 Å². The Morgan fingerprint density at radius 1 is 1.02 bits per heavy atom. The standard InChI is InChI=1S/C44H52N6O12/c1-5-28-29-17-27(52)14-15-33(29)48-38-30(28)19-50-35(38)18-32-31(40(50)56)21-60-41(57)44(32,6-2)62-42(58)61-20-25-10-12-26(13-11-25)46-39(55)34(9-7-8-16-45)47-36(53)22-59-23-37(54)49-43(3,4)24-51/h10-15,17-18,34,51-52H,5-9,16,19-24,45H2,1-4H3,(H,46,55)(H,47,53)(H,49,54). The van der Waals surface area contributed by atoms with E-state index in [2.05, 4.69) is 16.0 Å². The van der Waals surface area contributed by atoms with Crippen LogP contribution in [0.3, 0.4) is 0 Å². The van der Waals surface area contributed by atoms with Crippen molar-refractivity contribution in [1.82, 2.24) is 20.2 Å². The number of hydrogen-bond acceptors (Lipinski definition) is 14. The highest BCUT2D eigenvalue weighted by Gasteiger charge is 2.51. The molecular weight excluding hydrogens is 805 g/mol. The Morgan fingerprint density at radius 2 is 1.76 bits per heavy atom. The third kappa shape index (κ3) is 9.72. The highest BCUT2D eigenvalue weighted by atomic mass is 16.7. The Balaban J connectivity index is 1.10. The first-order chi connectivity index (χ1) is 29.6. The van der Waals surface area contributed by atoms with Crippen LogP contribution in [0.15, 0.2) is 53.3 Å². The van der Waals surface area contributed by atoms with Crippen LogP contribution in [0, 0.1) is 0 Å². The highest BCUT2D eigenvalue weighted by molar-refractivity contribution is 5.97. The Bertz CT molecular complexity index is 2430. The molecule has 6 rings (SSSR count). The lowest BCUT2D eigenvalue weighted by Crippen LogP contribution is -2.48. The van der Waals surface area contributed by atoms with Gasteiger partial charge in [0, 0.05) is 22.2 Å². The summed E-state index contributed by atoms with van der Waals surface area (Å²) in [4.78, 5) is 83.7. The molecule has 18 nitrogen and oxygen atoms in total. The van der Waals surface area contributed by atoms with E-state index >= 15 is 0 Å². The molecule has 330 valence electrons. The van der Waals surface area contributed by atoms with Crippen LogP contribution >= 0.6 is 0 Å². The highest BCUT2D eigenvalue weighted by Crippen LogP contribution is 2.42. The van der Waals surface area contributed by atoms with Crippen molar-refractivity contribution < 1.29 is 53.1 Å². The van der Waals surface area contributed by atoms with Gasteiger partial charge in [0.1, 0.15) is 38.2 Å². The van der Waals surface area contributed by atoms with Crippen LogP contribution in [0.2, 0.25) is 0 Å². The van der Waals surface area contributed by atoms with Gasteiger partial charge >= 0.3 is 12.1 Å². The number of nitrogens with zero attached hydrogens (tertiary/aromatic N) is 2. The zero-order valence-electron chi connectivity index (χ0n) is 35.1. The maximum Gasteiger partial charge on any atom is 0.510 e. The van der Waals surface area contributed by atoms with Gasteiger partial charge < -0.3 is 55.4 Å². The van der Waals surface area contributed by atoms with Crippen LogP contribution in [0.5, 0.6) is 5.75 Å². The number of aliphatic hydroxyl groups is 1. The second-order valence-electron chi connectivity index (χ2n) is 15.9. The summed E-state index contributed by atoms with van der Waals surface area (Å²) in [5.74, 6) is -2.37. The number of pyridine rings is 2. The van der Waals surface area contributed by atoms with Crippen molar-refractivity contribution in [2.45, 2.75) is 96.7 Å². The number of rotatable bonds is 18. The minimum atomic E-state index is -1.99. The maximum absolute atomic E-state index is 14.0. The fourth-order valence-electron chi connectivity index (χ4n) is 7.63. The Hall–Kier alpha value is -6.37. The van der Waals surface area contributed by atoms with Crippen molar-refractivity contribution in [3.63, 3.8) is 0 Å². The molecule has 2 unspecified atom stereocenters. The molecular formula is C44H52N6O12. The maximum atomic E-state index is 14.0. The summed E-state index contributed by atoms with van der Waals surface area (Å²) in [5.41, 5.74) is 7.06. The number of aryl methyl sites for hydroxylation is 1. The Labute approximate surface area is 357 Å². The lowest BCUT2D eigenvalue weighted by molar-refractivity contribution is -0.175. The first-order valence-corrected chi connectivity index (χ1v) is 20.5. The monoisotopic (exact) mass is 856 g/mol. The summed E-state index contributed by atoms with van der Waals surface area (Å²) in [7, 11) is 0. The van der Waals surface area contributed by atoms with Crippen LogP contribution < -0.4 is 27.2 Å². The number of benzene rings is 2. The Kier molecular flexibility index (Phi) is 13.9. The number of anilines is 1. The molecule has 3 amide bonds. The summed E-state index contributed by atoms with van der Waals surface area (Å²) in [6, 6.07) is 12.0. The number of carbonyl (C=O) groups is 5. The molecule has 62 heavy (non-hydrogen) atoms. The predicted molar refractivity (Wildman–Crippen MR) is 225 cm³/mol. The molecule has 2 atom stereocenters. The number of nitrogens with one attached hydrogen (secondary N) is 3. The molecule has 0 bridgehead atoms. The number of ether oxygens (including phenoxy) is 4. The number of fused-ring (bicyclic) bond motifs is 5. The molecule has 18 heteroatoms. The predicted octanol–water partition coefficient (Wildman–Crippen LogP) is 3.16. The van der Waals surface area contributed by atoms with E-state index < -0.39 is 65.8 Å². The van der Waals surface area contributed by atoms with Crippen molar-refractivity contribution in [1.29, 1.82) is 0 Å². The molecule has 2 aromatic carbocycles. The number of cyclic esters (lactones) is 1. The molecule has 0 saturated carbocycles. The summed E-state index contributed by atoms with van der Waals surface area (Å²) < 4.78 is 23.5. The van der Waals surface area contributed by atoms with Crippen LogP contribution in [0.4, 0.5) is 10.5 Å². The third-order valence-electron chi connectivity index (χ3n) is 10.9. The number of phenolic OH excluding ortho intramolecular Hbond substituents is 1. The van der Waals surface area contributed by atoms with Gasteiger partial charge in [-0.25, -0.2) is 14.6 Å². The van der Waals surface area contributed by atoms with Gasteiger partial charge in [-0.05, 0) is 100 Å². The van der Waals surface area contributed by atoms with Gasteiger partial charge in [0.2, 0.25) is 23.3 Å². The number of aromatic nitrogens is 2. The molecule has 4 aromatic rings. The van der Waals surface area contributed by atoms with E-state index in [-0.39, 0.29) is 56.1 Å². The SMILES string of the molecule is CCc1c2c(nc3ccc(O)cc13)-c1cc3c(c(=O)n1C2)COC(=O)C3(CC)OC(=O)OCc1ccc(NC(=O)C(CCCCN)NC(=O)COCC(=O)NC(C)(C)CO)cc1. The fourth-order valence-corrected chi connectivity index (χ4v) is 7.63. The smallest absolute Gasteiger partial charge is 0.508 e. The molecule has 2 aliphatic rings. The summed E-state index contributed by atoms with van der Waals surface area (Å²) in [6.07, 6.45) is 0.836. The van der Waals surface area contributed by atoms with Crippen LogP contribution in [-0.4, -0.2) is 87.6 Å². The number of phenols is 1. The van der Waals surface area contributed by atoms with E-state index in [0.29, 0.717) is 54.0 Å².